The van der Waals surface area contributed by atoms with Crippen LogP contribution in [0.3, 0.4) is 0 Å². The molecular weight excluding hydrogens is 224 g/mol. The molecule has 4 nitrogen and oxygen atoms in total. The molecule has 1 aromatic rings. The van der Waals surface area contributed by atoms with Crippen molar-refractivity contribution in [1.29, 1.82) is 10.5 Å². The summed E-state index contributed by atoms with van der Waals surface area (Å²) >= 11 is 0. The van der Waals surface area contributed by atoms with Crippen molar-refractivity contribution in [3.63, 3.8) is 0 Å². The fraction of sp³-hybridized carbons (Fsp3) is 0.429. The van der Waals surface area contributed by atoms with E-state index in [4.69, 9.17) is 5.26 Å². The maximum atomic E-state index is 9.35. The van der Waals surface area contributed by atoms with E-state index in [9.17, 15) is 5.26 Å². The standard InChI is InChI=1S/C14H16N4/c1-17-6-8-18(9-7-17)14(11-16)13-4-2-12(10-15)3-5-13/h2-5,14H,6-9H2,1H3. The summed E-state index contributed by atoms with van der Waals surface area (Å²) < 4.78 is 0. The maximum absolute atomic E-state index is 9.35. The SMILES string of the molecule is CN1CCN(C(C#N)c2ccc(C#N)cc2)CC1. The molecule has 1 heterocycles. The third-order valence-corrected chi connectivity index (χ3v) is 3.38. The normalized spacial score (nSPS) is 18.8. The van der Waals surface area contributed by atoms with E-state index >= 15 is 0 Å². The topological polar surface area (TPSA) is 54.1 Å². The molecule has 18 heavy (non-hydrogen) atoms. The lowest BCUT2D eigenvalue weighted by atomic mass is 10.0. The van der Waals surface area contributed by atoms with Gasteiger partial charge in [-0.1, -0.05) is 12.1 Å². The molecule has 1 atom stereocenters. The van der Waals surface area contributed by atoms with E-state index in [2.05, 4.69) is 29.0 Å². The number of nitriles is 2. The Balaban J connectivity index is 2.13. The molecule has 2 rings (SSSR count). The van der Waals surface area contributed by atoms with E-state index in [1.165, 1.54) is 0 Å². The first-order valence-corrected chi connectivity index (χ1v) is 6.07. The molecule has 4 heteroatoms. The van der Waals surface area contributed by atoms with Crippen molar-refractivity contribution in [3.8, 4) is 12.1 Å². The minimum absolute atomic E-state index is 0.202. The van der Waals surface area contributed by atoms with Crippen molar-refractivity contribution in [2.24, 2.45) is 0 Å². The fourth-order valence-corrected chi connectivity index (χ4v) is 2.19. The highest BCUT2D eigenvalue weighted by Crippen LogP contribution is 2.21. The van der Waals surface area contributed by atoms with Gasteiger partial charge in [0, 0.05) is 26.2 Å². The number of hydrogen-bond donors (Lipinski definition) is 0. The first-order valence-electron chi connectivity index (χ1n) is 6.07. The summed E-state index contributed by atoms with van der Waals surface area (Å²) in [5.74, 6) is 0. The van der Waals surface area contributed by atoms with Crippen molar-refractivity contribution in [1.82, 2.24) is 9.80 Å². The van der Waals surface area contributed by atoms with Crippen LogP contribution in [0.1, 0.15) is 17.2 Å². The van der Waals surface area contributed by atoms with Gasteiger partial charge in [-0.05, 0) is 24.7 Å². The van der Waals surface area contributed by atoms with Gasteiger partial charge in [0.2, 0.25) is 0 Å². The quantitative estimate of drug-likeness (QED) is 0.783. The number of rotatable bonds is 2. The van der Waals surface area contributed by atoms with Gasteiger partial charge in [0.15, 0.2) is 0 Å². The average molecular weight is 240 g/mol. The molecule has 0 aromatic heterocycles. The molecule has 0 N–H and O–H groups in total. The number of benzene rings is 1. The van der Waals surface area contributed by atoms with E-state index in [1.807, 2.05) is 12.1 Å². The molecule has 92 valence electrons. The molecule has 0 saturated carbocycles. The van der Waals surface area contributed by atoms with Crippen LogP contribution in [-0.4, -0.2) is 43.0 Å². The first kappa shape index (κ1) is 12.6. The largest absolute Gasteiger partial charge is 0.304 e. The van der Waals surface area contributed by atoms with Gasteiger partial charge in [-0.3, -0.25) is 4.90 Å². The summed E-state index contributed by atoms with van der Waals surface area (Å²) in [4.78, 5) is 4.46. The summed E-state index contributed by atoms with van der Waals surface area (Å²) in [7, 11) is 2.10. The van der Waals surface area contributed by atoms with Gasteiger partial charge in [0.1, 0.15) is 6.04 Å². The van der Waals surface area contributed by atoms with Gasteiger partial charge in [-0.15, -0.1) is 0 Å². The van der Waals surface area contributed by atoms with E-state index in [-0.39, 0.29) is 6.04 Å². The smallest absolute Gasteiger partial charge is 0.123 e. The van der Waals surface area contributed by atoms with Crippen molar-refractivity contribution >= 4 is 0 Å². The minimum Gasteiger partial charge on any atom is -0.304 e. The Hall–Kier alpha value is -1.88. The van der Waals surface area contributed by atoms with Crippen LogP contribution >= 0.6 is 0 Å². The molecule has 1 aliphatic heterocycles. The molecule has 0 radical (unpaired) electrons. The molecule has 1 fully saturated rings. The Morgan fingerprint density at radius 3 is 2.17 bits per heavy atom. The molecule has 0 bridgehead atoms. The summed E-state index contributed by atoms with van der Waals surface area (Å²) in [6.07, 6.45) is 0. The Labute approximate surface area is 108 Å². The molecule has 0 aliphatic carbocycles. The molecule has 1 aromatic carbocycles. The molecule has 1 unspecified atom stereocenters. The molecule has 1 aliphatic rings. The Morgan fingerprint density at radius 1 is 1.06 bits per heavy atom. The van der Waals surface area contributed by atoms with Gasteiger partial charge >= 0.3 is 0 Å². The predicted octanol–water partition coefficient (Wildman–Crippen LogP) is 1.37. The number of piperazine rings is 1. The van der Waals surface area contributed by atoms with Crippen molar-refractivity contribution in [3.05, 3.63) is 35.4 Å². The zero-order valence-electron chi connectivity index (χ0n) is 10.5. The highest BCUT2D eigenvalue weighted by Gasteiger charge is 2.23. The monoisotopic (exact) mass is 240 g/mol. The second kappa shape index (κ2) is 5.64. The molecular formula is C14H16N4. The lowest BCUT2D eigenvalue weighted by Crippen LogP contribution is -2.45. The average Bonchev–Trinajstić information content (AvgIpc) is 2.42. The van der Waals surface area contributed by atoms with E-state index in [0.29, 0.717) is 5.56 Å². The second-order valence-electron chi connectivity index (χ2n) is 4.60. The summed E-state index contributed by atoms with van der Waals surface area (Å²) in [5, 5.41) is 18.1. The Bertz CT molecular complexity index is 472. The lowest BCUT2D eigenvalue weighted by Gasteiger charge is -2.35. The van der Waals surface area contributed by atoms with Gasteiger partial charge < -0.3 is 4.90 Å². The van der Waals surface area contributed by atoms with Crippen LogP contribution in [0.2, 0.25) is 0 Å². The van der Waals surface area contributed by atoms with Crippen molar-refractivity contribution < 1.29 is 0 Å². The zero-order valence-corrected chi connectivity index (χ0v) is 10.5. The predicted molar refractivity (Wildman–Crippen MR) is 68.6 cm³/mol. The van der Waals surface area contributed by atoms with Crippen LogP contribution in [0.4, 0.5) is 0 Å². The van der Waals surface area contributed by atoms with Crippen molar-refractivity contribution in [2.75, 3.05) is 33.2 Å². The Kier molecular flexibility index (Phi) is 3.94. The van der Waals surface area contributed by atoms with Crippen LogP contribution in [0.25, 0.3) is 0 Å². The van der Waals surface area contributed by atoms with Gasteiger partial charge in [0.25, 0.3) is 0 Å². The maximum Gasteiger partial charge on any atom is 0.123 e. The van der Waals surface area contributed by atoms with Gasteiger partial charge in [-0.2, -0.15) is 10.5 Å². The van der Waals surface area contributed by atoms with E-state index in [0.717, 1.165) is 31.7 Å². The van der Waals surface area contributed by atoms with Crippen LogP contribution in [0.15, 0.2) is 24.3 Å². The highest BCUT2D eigenvalue weighted by atomic mass is 15.3. The zero-order chi connectivity index (χ0) is 13.0. The lowest BCUT2D eigenvalue weighted by molar-refractivity contribution is 0.133. The summed E-state index contributed by atoms with van der Waals surface area (Å²) in [5.41, 5.74) is 1.61. The van der Waals surface area contributed by atoms with Crippen LogP contribution in [-0.2, 0) is 0 Å². The highest BCUT2D eigenvalue weighted by molar-refractivity contribution is 5.34. The molecule has 0 spiro atoms. The third-order valence-electron chi connectivity index (χ3n) is 3.38. The summed E-state index contributed by atoms with van der Waals surface area (Å²) in [6, 6.07) is 11.6. The first-order chi connectivity index (χ1) is 8.74. The Morgan fingerprint density at radius 2 is 1.67 bits per heavy atom. The fourth-order valence-electron chi connectivity index (χ4n) is 2.19. The molecule has 1 saturated heterocycles. The second-order valence-corrected chi connectivity index (χ2v) is 4.60. The van der Waals surface area contributed by atoms with Crippen LogP contribution < -0.4 is 0 Å². The molecule has 0 amide bonds. The number of likely N-dealkylation sites (N-methyl/N-ethyl adjacent to an activating group) is 1. The van der Waals surface area contributed by atoms with E-state index in [1.54, 1.807) is 12.1 Å². The van der Waals surface area contributed by atoms with Crippen molar-refractivity contribution in [2.45, 2.75) is 6.04 Å². The van der Waals surface area contributed by atoms with E-state index < -0.39 is 0 Å². The van der Waals surface area contributed by atoms with Gasteiger partial charge in [-0.25, -0.2) is 0 Å². The van der Waals surface area contributed by atoms with Crippen LogP contribution in [0.5, 0.6) is 0 Å². The van der Waals surface area contributed by atoms with Gasteiger partial charge in [0.05, 0.1) is 17.7 Å². The minimum atomic E-state index is -0.202. The summed E-state index contributed by atoms with van der Waals surface area (Å²) in [6.45, 7) is 3.81. The van der Waals surface area contributed by atoms with Crippen LogP contribution in [0, 0.1) is 22.7 Å². The number of nitrogens with zero attached hydrogens (tertiary/aromatic N) is 4. The third kappa shape index (κ3) is 2.68. The number of hydrogen-bond acceptors (Lipinski definition) is 4.